The smallest absolute Gasteiger partial charge is 0.303 e. The van der Waals surface area contributed by atoms with Gasteiger partial charge in [-0.25, -0.2) is 0 Å². The standard InChI is InChI=1S/C11H22N2O3/c1-3-12-8-9(2)11(16)13-7-5-4-6-10(14)15/h9,12H,3-8H2,1-2H3,(H,13,16)(H,14,15). The van der Waals surface area contributed by atoms with Crippen LogP contribution in [0.3, 0.4) is 0 Å². The normalized spacial score (nSPS) is 12.1. The molecule has 0 radical (unpaired) electrons. The zero-order valence-electron chi connectivity index (χ0n) is 10.1. The minimum atomic E-state index is -0.785. The Hall–Kier alpha value is -1.10. The van der Waals surface area contributed by atoms with Gasteiger partial charge in [0.25, 0.3) is 0 Å². The highest BCUT2D eigenvalue weighted by molar-refractivity contribution is 5.78. The number of carboxylic acids is 1. The third-order valence-corrected chi connectivity index (χ3v) is 2.26. The molecule has 0 heterocycles. The van der Waals surface area contributed by atoms with Gasteiger partial charge in [0.05, 0.1) is 0 Å². The fraction of sp³-hybridized carbons (Fsp3) is 0.818. The molecule has 1 unspecified atom stereocenters. The first kappa shape index (κ1) is 14.9. The molecule has 0 rings (SSSR count). The molecular weight excluding hydrogens is 208 g/mol. The van der Waals surface area contributed by atoms with Crippen LogP contribution in [-0.2, 0) is 9.59 Å². The summed E-state index contributed by atoms with van der Waals surface area (Å²) in [5.41, 5.74) is 0. The summed E-state index contributed by atoms with van der Waals surface area (Å²) < 4.78 is 0. The zero-order chi connectivity index (χ0) is 12.4. The van der Waals surface area contributed by atoms with Gasteiger partial charge < -0.3 is 15.7 Å². The summed E-state index contributed by atoms with van der Waals surface area (Å²) in [5.74, 6) is -0.803. The van der Waals surface area contributed by atoms with Crippen LogP contribution in [0.1, 0.15) is 33.1 Å². The maximum Gasteiger partial charge on any atom is 0.303 e. The Bertz CT molecular complexity index is 219. The summed E-state index contributed by atoms with van der Waals surface area (Å²) in [6, 6.07) is 0. The van der Waals surface area contributed by atoms with E-state index in [1.54, 1.807) is 0 Å². The Morgan fingerprint density at radius 2 is 2.00 bits per heavy atom. The largest absolute Gasteiger partial charge is 0.481 e. The van der Waals surface area contributed by atoms with Crippen LogP contribution in [0.25, 0.3) is 0 Å². The lowest BCUT2D eigenvalue weighted by molar-refractivity contribution is -0.137. The van der Waals surface area contributed by atoms with Crippen molar-refractivity contribution in [2.24, 2.45) is 5.92 Å². The van der Waals surface area contributed by atoms with E-state index in [1.807, 2.05) is 13.8 Å². The quantitative estimate of drug-likeness (QED) is 0.507. The first-order valence-electron chi connectivity index (χ1n) is 5.78. The third kappa shape index (κ3) is 8.23. The van der Waals surface area contributed by atoms with E-state index in [2.05, 4.69) is 10.6 Å². The summed E-state index contributed by atoms with van der Waals surface area (Å²) in [6.07, 6.45) is 1.49. The van der Waals surface area contributed by atoms with Gasteiger partial charge in [0.15, 0.2) is 0 Å². The van der Waals surface area contributed by atoms with Crippen molar-refractivity contribution in [1.29, 1.82) is 0 Å². The van der Waals surface area contributed by atoms with Gasteiger partial charge in [0.1, 0.15) is 0 Å². The van der Waals surface area contributed by atoms with E-state index in [0.717, 1.165) is 6.54 Å². The molecule has 94 valence electrons. The van der Waals surface area contributed by atoms with E-state index in [-0.39, 0.29) is 18.2 Å². The number of aliphatic carboxylic acids is 1. The maximum atomic E-state index is 11.5. The molecule has 5 heteroatoms. The predicted molar refractivity (Wildman–Crippen MR) is 62.2 cm³/mol. The number of unbranched alkanes of at least 4 members (excludes halogenated alkanes) is 1. The number of hydrogen-bond acceptors (Lipinski definition) is 3. The molecule has 16 heavy (non-hydrogen) atoms. The molecule has 0 aromatic carbocycles. The van der Waals surface area contributed by atoms with Gasteiger partial charge in [-0.05, 0) is 19.4 Å². The van der Waals surface area contributed by atoms with Crippen molar-refractivity contribution in [1.82, 2.24) is 10.6 Å². The van der Waals surface area contributed by atoms with E-state index in [4.69, 9.17) is 5.11 Å². The van der Waals surface area contributed by atoms with E-state index in [0.29, 0.717) is 25.9 Å². The maximum absolute atomic E-state index is 11.5. The molecule has 0 aliphatic heterocycles. The van der Waals surface area contributed by atoms with Crippen molar-refractivity contribution in [3.63, 3.8) is 0 Å². The number of rotatable bonds is 9. The van der Waals surface area contributed by atoms with Crippen molar-refractivity contribution in [3.8, 4) is 0 Å². The van der Waals surface area contributed by atoms with Crippen LogP contribution in [0, 0.1) is 5.92 Å². The van der Waals surface area contributed by atoms with Gasteiger partial charge in [-0.15, -0.1) is 0 Å². The molecule has 0 fully saturated rings. The Kier molecular flexibility index (Phi) is 8.52. The zero-order valence-corrected chi connectivity index (χ0v) is 10.1. The molecule has 0 aliphatic carbocycles. The highest BCUT2D eigenvalue weighted by Crippen LogP contribution is 1.96. The van der Waals surface area contributed by atoms with Crippen LogP contribution in [0.5, 0.6) is 0 Å². The lowest BCUT2D eigenvalue weighted by Gasteiger charge is -2.12. The average molecular weight is 230 g/mol. The number of amides is 1. The first-order valence-corrected chi connectivity index (χ1v) is 5.78. The second-order valence-corrected chi connectivity index (χ2v) is 3.85. The topological polar surface area (TPSA) is 78.4 Å². The van der Waals surface area contributed by atoms with Gasteiger partial charge in [0.2, 0.25) is 5.91 Å². The Labute approximate surface area is 96.6 Å². The summed E-state index contributed by atoms with van der Waals surface area (Å²) in [7, 11) is 0. The van der Waals surface area contributed by atoms with Gasteiger partial charge in [-0.1, -0.05) is 13.8 Å². The van der Waals surface area contributed by atoms with Crippen LogP contribution in [0.2, 0.25) is 0 Å². The summed E-state index contributed by atoms with van der Waals surface area (Å²) in [6.45, 7) is 5.96. The van der Waals surface area contributed by atoms with Crippen molar-refractivity contribution in [2.45, 2.75) is 33.1 Å². The van der Waals surface area contributed by atoms with Crippen molar-refractivity contribution >= 4 is 11.9 Å². The third-order valence-electron chi connectivity index (χ3n) is 2.26. The number of hydrogen-bond donors (Lipinski definition) is 3. The molecular formula is C11H22N2O3. The number of nitrogens with one attached hydrogen (secondary N) is 2. The highest BCUT2D eigenvalue weighted by Gasteiger charge is 2.10. The van der Waals surface area contributed by atoms with Crippen molar-refractivity contribution < 1.29 is 14.7 Å². The van der Waals surface area contributed by atoms with Crippen molar-refractivity contribution in [3.05, 3.63) is 0 Å². The van der Waals surface area contributed by atoms with Crippen LogP contribution in [0.4, 0.5) is 0 Å². The molecule has 1 atom stereocenters. The first-order chi connectivity index (χ1) is 7.57. The van der Waals surface area contributed by atoms with Gasteiger partial charge in [0, 0.05) is 25.4 Å². The number of carbonyl (C=O) groups excluding carboxylic acids is 1. The highest BCUT2D eigenvalue weighted by atomic mass is 16.4. The second kappa shape index (κ2) is 9.15. The van der Waals surface area contributed by atoms with Gasteiger partial charge in [-0.2, -0.15) is 0 Å². The fourth-order valence-corrected chi connectivity index (χ4v) is 1.24. The fourth-order valence-electron chi connectivity index (χ4n) is 1.24. The molecule has 0 aromatic rings. The summed E-state index contributed by atoms with van der Waals surface area (Å²) in [4.78, 5) is 21.7. The Morgan fingerprint density at radius 1 is 1.31 bits per heavy atom. The lowest BCUT2D eigenvalue weighted by Crippen LogP contribution is -2.35. The van der Waals surface area contributed by atoms with E-state index in [1.165, 1.54) is 0 Å². The van der Waals surface area contributed by atoms with Gasteiger partial charge >= 0.3 is 5.97 Å². The van der Waals surface area contributed by atoms with Crippen LogP contribution in [-0.4, -0.2) is 36.6 Å². The monoisotopic (exact) mass is 230 g/mol. The molecule has 0 aliphatic rings. The molecule has 5 nitrogen and oxygen atoms in total. The molecule has 0 bridgehead atoms. The molecule has 0 spiro atoms. The Morgan fingerprint density at radius 3 is 2.56 bits per heavy atom. The number of carbonyl (C=O) groups is 2. The minimum Gasteiger partial charge on any atom is -0.481 e. The summed E-state index contributed by atoms with van der Waals surface area (Å²) in [5, 5.41) is 14.3. The molecule has 1 amide bonds. The average Bonchev–Trinajstić information content (AvgIpc) is 2.24. The van der Waals surface area contributed by atoms with Gasteiger partial charge in [-0.3, -0.25) is 9.59 Å². The predicted octanol–water partition coefficient (Wildman–Crippen LogP) is 0.603. The number of carboxylic acid groups (broad SMARTS) is 1. The molecule has 3 N–H and O–H groups in total. The Balaban J connectivity index is 3.45. The molecule has 0 saturated carbocycles. The van der Waals surface area contributed by atoms with E-state index in [9.17, 15) is 9.59 Å². The summed E-state index contributed by atoms with van der Waals surface area (Å²) >= 11 is 0. The van der Waals surface area contributed by atoms with Crippen LogP contribution < -0.4 is 10.6 Å². The van der Waals surface area contributed by atoms with E-state index < -0.39 is 5.97 Å². The second-order valence-electron chi connectivity index (χ2n) is 3.85. The minimum absolute atomic E-state index is 0.0243. The van der Waals surface area contributed by atoms with Crippen LogP contribution >= 0.6 is 0 Å². The SMILES string of the molecule is CCNCC(C)C(=O)NCCCCC(=O)O. The molecule has 0 saturated heterocycles. The van der Waals surface area contributed by atoms with E-state index >= 15 is 0 Å². The molecule has 0 aromatic heterocycles. The van der Waals surface area contributed by atoms with Crippen LogP contribution in [0.15, 0.2) is 0 Å². The lowest BCUT2D eigenvalue weighted by atomic mass is 10.1. The van der Waals surface area contributed by atoms with Crippen molar-refractivity contribution in [2.75, 3.05) is 19.6 Å².